The van der Waals surface area contributed by atoms with Crippen LogP contribution in [0, 0.1) is 0 Å². The summed E-state index contributed by atoms with van der Waals surface area (Å²) in [4.78, 5) is 16.8. The standard InChI is InChI=1S/C23H21N3O3S2/c1-31(28,29)26-20-11-9-18(10-12-20)21-15-30-23(24-21)25-22(27)13-7-16-6-8-17-4-2-3-5-19(17)14-16/h2-6,8-12,14-15,26H,7,13H2,1H3,(H,24,25,27). The first-order chi connectivity index (χ1) is 14.9. The first-order valence-corrected chi connectivity index (χ1v) is 12.4. The second-order valence-electron chi connectivity index (χ2n) is 7.22. The summed E-state index contributed by atoms with van der Waals surface area (Å²) in [5, 5.41) is 7.61. The van der Waals surface area contributed by atoms with E-state index in [1.165, 1.54) is 22.1 Å². The molecule has 0 saturated carbocycles. The fourth-order valence-corrected chi connectivity index (χ4v) is 4.52. The van der Waals surface area contributed by atoms with Crippen molar-refractivity contribution in [1.82, 2.24) is 4.98 Å². The zero-order valence-electron chi connectivity index (χ0n) is 16.8. The van der Waals surface area contributed by atoms with Crippen molar-refractivity contribution in [1.29, 1.82) is 0 Å². The van der Waals surface area contributed by atoms with Crippen LogP contribution in [0.25, 0.3) is 22.0 Å². The summed E-state index contributed by atoms with van der Waals surface area (Å²) in [6.07, 6.45) is 2.14. The minimum Gasteiger partial charge on any atom is -0.302 e. The van der Waals surface area contributed by atoms with Crippen LogP contribution in [-0.4, -0.2) is 25.6 Å². The van der Waals surface area contributed by atoms with E-state index in [1.807, 2.05) is 17.5 Å². The van der Waals surface area contributed by atoms with Gasteiger partial charge in [0.1, 0.15) is 0 Å². The molecule has 1 aromatic heterocycles. The maximum absolute atomic E-state index is 12.4. The lowest BCUT2D eigenvalue weighted by molar-refractivity contribution is -0.116. The molecule has 6 nitrogen and oxygen atoms in total. The highest BCUT2D eigenvalue weighted by atomic mass is 32.2. The Balaban J connectivity index is 1.35. The Bertz CT molecular complexity index is 1330. The maximum atomic E-state index is 12.4. The molecule has 4 aromatic rings. The van der Waals surface area contributed by atoms with Gasteiger partial charge in [0.2, 0.25) is 15.9 Å². The van der Waals surface area contributed by atoms with E-state index in [2.05, 4.69) is 45.4 Å². The number of aromatic nitrogens is 1. The van der Waals surface area contributed by atoms with Gasteiger partial charge in [0.25, 0.3) is 0 Å². The van der Waals surface area contributed by atoms with Gasteiger partial charge in [-0.25, -0.2) is 13.4 Å². The summed E-state index contributed by atoms with van der Waals surface area (Å²) >= 11 is 1.36. The van der Waals surface area contributed by atoms with Crippen molar-refractivity contribution >= 4 is 48.9 Å². The highest BCUT2D eigenvalue weighted by Gasteiger charge is 2.09. The molecule has 158 valence electrons. The normalized spacial score (nSPS) is 11.4. The lowest BCUT2D eigenvalue weighted by atomic mass is 10.0. The fraction of sp³-hybridized carbons (Fsp3) is 0.130. The average Bonchev–Trinajstić information content (AvgIpc) is 3.20. The summed E-state index contributed by atoms with van der Waals surface area (Å²) in [6.45, 7) is 0. The molecule has 8 heteroatoms. The SMILES string of the molecule is CS(=O)(=O)Nc1ccc(-c2csc(NC(=O)CCc3ccc4ccccc4c3)n2)cc1. The van der Waals surface area contributed by atoms with Gasteiger partial charge in [-0.05, 0) is 34.9 Å². The van der Waals surface area contributed by atoms with Crippen LogP contribution in [0.2, 0.25) is 0 Å². The van der Waals surface area contributed by atoms with Gasteiger partial charge < -0.3 is 5.32 Å². The van der Waals surface area contributed by atoms with Crippen molar-refractivity contribution in [3.8, 4) is 11.3 Å². The minimum atomic E-state index is -3.31. The Morgan fingerprint density at radius 2 is 1.74 bits per heavy atom. The number of rotatable bonds is 7. The number of hydrogen-bond donors (Lipinski definition) is 2. The molecule has 0 aliphatic heterocycles. The summed E-state index contributed by atoms with van der Waals surface area (Å²) in [5.41, 5.74) is 3.17. The summed E-state index contributed by atoms with van der Waals surface area (Å²) in [5.74, 6) is -0.0817. The molecule has 0 aliphatic rings. The number of hydrogen-bond acceptors (Lipinski definition) is 5. The van der Waals surface area contributed by atoms with Crippen LogP contribution >= 0.6 is 11.3 Å². The first-order valence-electron chi connectivity index (χ1n) is 9.67. The van der Waals surface area contributed by atoms with E-state index < -0.39 is 10.0 Å². The largest absolute Gasteiger partial charge is 0.302 e. The van der Waals surface area contributed by atoms with Crippen molar-refractivity contribution in [2.75, 3.05) is 16.3 Å². The number of fused-ring (bicyclic) bond motifs is 1. The van der Waals surface area contributed by atoms with Gasteiger partial charge in [-0.15, -0.1) is 11.3 Å². The summed E-state index contributed by atoms with van der Waals surface area (Å²) in [6, 6.07) is 21.3. The molecule has 31 heavy (non-hydrogen) atoms. The number of sulfonamides is 1. The summed E-state index contributed by atoms with van der Waals surface area (Å²) in [7, 11) is -3.31. The van der Waals surface area contributed by atoms with Crippen molar-refractivity contribution in [2.24, 2.45) is 0 Å². The Morgan fingerprint density at radius 3 is 2.48 bits per heavy atom. The number of amides is 1. The molecule has 2 N–H and O–H groups in total. The van der Waals surface area contributed by atoms with E-state index in [-0.39, 0.29) is 5.91 Å². The number of carbonyl (C=O) groups excluding carboxylic acids is 1. The maximum Gasteiger partial charge on any atom is 0.229 e. The van der Waals surface area contributed by atoms with E-state index >= 15 is 0 Å². The molecule has 0 aliphatic carbocycles. The van der Waals surface area contributed by atoms with Crippen LogP contribution in [-0.2, 0) is 21.2 Å². The van der Waals surface area contributed by atoms with Crippen LogP contribution in [0.15, 0.2) is 72.1 Å². The molecule has 0 unspecified atom stereocenters. The molecule has 0 radical (unpaired) electrons. The Kier molecular flexibility index (Phi) is 6.01. The lowest BCUT2D eigenvalue weighted by Crippen LogP contribution is -2.12. The molecule has 1 amide bonds. The van der Waals surface area contributed by atoms with Gasteiger partial charge in [0.15, 0.2) is 5.13 Å². The molecule has 4 rings (SSSR count). The van der Waals surface area contributed by atoms with Crippen molar-refractivity contribution in [3.63, 3.8) is 0 Å². The molecule has 1 heterocycles. The predicted molar refractivity (Wildman–Crippen MR) is 127 cm³/mol. The number of thiazole rings is 1. The zero-order chi connectivity index (χ0) is 21.8. The topological polar surface area (TPSA) is 88.2 Å². The molecule has 0 saturated heterocycles. The number of carbonyl (C=O) groups is 1. The monoisotopic (exact) mass is 451 g/mol. The van der Waals surface area contributed by atoms with Crippen LogP contribution in [0.5, 0.6) is 0 Å². The van der Waals surface area contributed by atoms with Gasteiger partial charge in [-0.2, -0.15) is 0 Å². The van der Waals surface area contributed by atoms with Crippen LogP contribution < -0.4 is 10.0 Å². The third-order valence-corrected chi connectivity index (χ3v) is 6.05. The van der Waals surface area contributed by atoms with Crippen molar-refractivity contribution < 1.29 is 13.2 Å². The highest BCUT2D eigenvalue weighted by molar-refractivity contribution is 7.92. The van der Waals surface area contributed by atoms with E-state index in [1.54, 1.807) is 24.3 Å². The lowest BCUT2D eigenvalue weighted by Gasteiger charge is -2.05. The number of nitrogens with zero attached hydrogens (tertiary/aromatic N) is 1. The molecule has 0 bridgehead atoms. The Hall–Kier alpha value is -3.23. The molecule has 3 aromatic carbocycles. The quantitative estimate of drug-likeness (QED) is 0.418. The number of aryl methyl sites for hydroxylation is 1. The van der Waals surface area contributed by atoms with Crippen LogP contribution in [0.4, 0.5) is 10.8 Å². The third-order valence-electron chi connectivity index (χ3n) is 4.69. The van der Waals surface area contributed by atoms with Gasteiger partial charge in [0.05, 0.1) is 11.9 Å². The summed E-state index contributed by atoms with van der Waals surface area (Å²) < 4.78 is 25.0. The zero-order valence-corrected chi connectivity index (χ0v) is 18.5. The molecule has 0 atom stereocenters. The van der Waals surface area contributed by atoms with E-state index in [9.17, 15) is 13.2 Å². The van der Waals surface area contributed by atoms with Crippen molar-refractivity contribution in [3.05, 3.63) is 77.7 Å². The number of benzene rings is 3. The van der Waals surface area contributed by atoms with E-state index in [4.69, 9.17) is 0 Å². The second-order valence-corrected chi connectivity index (χ2v) is 9.83. The molecular formula is C23H21N3O3S2. The third kappa shape index (κ3) is 5.68. The fourth-order valence-electron chi connectivity index (χ4n) is 3.22. The Labute approximate surface area is 185 Å². The van der Waals surface area contributed by atoms with E-state index in [0.29, 0.717) is 23.7 Å². The van der Waals surface area contributed by atoms with Gasteiger partial charge in [-0.3, -0.25) is 9.52 Å². The van der Waals surface area contributed by atoms with Crippen LogP contribution in [0.3, 0.4) is 0 Å². The molecule has 0 spiro atoms. The van der Waals surface area contributed by atoms with Crippen LogP contribution in [0.1, 0.15) is 12.0 Å². The van der Waals surface area contributed by atoms with Crippen molar-refractivity contribution in [2.45, 2.75) is 12.8 Å². The second kappa shape index (κ2) is 8.87. The predicted octanol–water partition coefficient (Wildman–Crippen LogP) is 4.91. The first kappa shape index (κ1) is 21.0. The smallest absolute Gasteiger partial charge is 0.229 e. The minimum absolute atomic E-state index is 0.0817. The van der Waals surface area contributed by atoms with Gasteiger partial charge in [-0.1, -0.05) is 54.6 Å². The molecular weight excluding hydrogens is 430 g/mol. The molecule has 0 fully saturated rings. The van der Waals surface area contributed by atoms with Gasteiger partial charge >= 0.3 is 0 Å². The average molecular weight is 452 g/mol. The van der Waals surface area contributed by atoms with Gasteiger partial charge in [0, 0.05) is 23.1 Å². The number of nitrogens with one attached hydrogen (secondary N) is 2. The number of anilines is 2. The Morgan fingerprint density at radius 1 is 1.00 bits per heavy atom. The van der Waals surface area contributed by atoms with E-state index in [0.717, 1.165) is 23.1 Å². The highest BCUT2D eigenvalue weighted by Crippen LogP contribution is 2.26.